The van der Waals surface area contributed by atoms with Crippen LogP contribution < -0.4 is 21.7 Å². The minimum atomic E-state index is -0.741. The molecule has 0 heterocycles. The molecule has 0 aliphatic heterocycles. The van der Waals surface area contributed by atoms with E-state index in [-0.39, 0.29) is 83.8 Å². The molecular formula is C33H64N4O12. The maximum Gasteiger partial charge on any atom is 0.243 e. The van der Waals surface area contributed by atoms with Gasteiger partial charge in [0.1, 0.15) is 6.61 Å². The topological polar surface area (TPSA) is 204 Å². The largest absolute Gasteiger partial charge is 0.378 e. The number of hydrogen-bond donors (Lipinski definition) is 4. The van der Waals surface area contributed by atoms with Gasteiger partial charge in [-0.2, -0.15) is 0 Å². The van der Waals surface area contributed by atoms with E-state index < -0.39 is 11.3 Å². The lowest BCUT2D eigenvalue weighted by Crippen LogP contribution is -2.43. The van der Waals surface area contributed by atoms with Crippen LogP contribution in [0.3, 0.4) is 0 Å². The van der Waals surface area contributed by atoms with Crippen LogP contribution in [0.5, 0.6) is 0 Å². The van der Waals surface area contributed by atoms with Crippen molar-refractivity contribution in [1.82, 2.24) is 16.0 Å². The molecule has 0 aliphatic rings. The van der Waals surface area contributed by atoms with E-state index in [1.54, 1.807) is 5.73 Å². The molecule has 0 unspecified atom stereocenters. The lowest BCUT2D eigenvalue weighted by Gasteiger charge is -2.33. The lowest BCUT2D eigenvalue weighted by molar-refractivity contribution is -0.127. The Morgan fingerprint density at radius 1 is 0.490 bits per heavy atom. The second-order valence-electron chi connectivity index (χ2n) is 11.3. The summed E-state index contributed by atoms with van der Waals surface area (Å²) < 4.78 is 52.8. The quantitative estimate of drug-likeness (QED) is 0.0645. The first-order valence-electron chi connectivity index (χ1n) is 17.9. The van der Waals surface area contributed by atoms with E-state index in [0.717, 1.165) is 19.3 Å². The van der Waals surface area contributed by atoms with E-state index in [9.17, 15) is 19.2 Å². The maximum absolute atomic E-state index is 11.6. The zero-order valence-corrected chi connectivity index (χ0v) is 30.1. The van der Waals surface area contributed by atoms with Gasteiger partial charge in [0.2, 0.25) is 23.6 Å². The SMILES string of the molecule is [3H]NC(=O)COCCOCC(COCCOCCNC(=O)CCC)(COCCOCCNC(=O)CCC)COCCOCCNC(=O)CCC. The van der Waals surface area contributed by atoms with Gasteiger partial charge in [0.25, 0.3) is 0 Å². The Labute approximate surface area is 293 Å². The fourth-order valence-corrected chi connectivity index (χ4v) is 4.08. The Kier molecular flexibility index (Phi) is 31.0. The van der Waals surface area contributed by atoms with Crippen LogP contribution in [0.2, 0.25) is 1.41 Å². The highest BCUT2D eigenvalue weighted by molar-refractivity contribution is 5.76. The molecule has 0 aromatic heterocycles. The van der Waals surface area contributed by atoms with E-state index in [4.69, 9.17) is 39.3 Å². The van der Waals surface area contributed by atoms with Gasteiger partial charge in [-0.25, -0.2) is 0 Å². The molecule has 0 atom stereocenters. The molecule has 0 spiro atoms. The number of rotatable bonds is 37. The van der Waals surface area contributed by atoms with Crippen LogP contribution in [-0.2, 0) is 57.1 Å². The molecular weight excluding hydrogens is 644 g/mol. The zero-order chi connectivity index (χ0) is 37.0. The summed E-state index contributed by atoms with van der Waals surface area (Å²) in [5.74, 6) is -0.572. The second-order valence-corrected chi connectivity index (χ2v) is 11.3. The van der Waals surface area contributed by atoms with Crippen molar-refractivity contribution in [1.29, 1.82) is 0 Å². The van der Waals surface area contributed by atoms with Gasteiger partial charge in [-0.15, -0.1) is 0 Å². The third-order valence-electron chi connectivity index (χ3n) is 6.49. The molecule has 4 amide bonds. The first-order valence-corrected chi connectivity index (χ1v) is 17.4. The average Bonchev–Trinajstić information content (AvgIpc) is 3.09. The van der Waals surface area contributed by atoms with Crippen LogP contribution >= 0.6 is 0 Å². The zero-order valence-electron chi connectivity index (χ0n) is 31.1. The third kappa shape index (κ3) is 31.3. The summed E-state index contributed by atoms with van der Waals surface area (Å²) in [6, 6.07) is 0. The Hall–Kier alpha value is -2.44. The van der Waals surface area contributed by atoms with Crippen LogP contribution in [0.1, 0.15) is 59.3 Å². The molecule has 288 valence electrons. The summed E-state index contributed by atoms with van der Waals surface area (Å²) in [6.07, 6.45) is 3.80. The molecule has 0 aliphatic carbocycles. The molecule has 0 fully saturated rings. The average molecular weight is 711 g/mol. The van der Waals surface area contributed by atoms with Crippen LogP contribution in [0, 0.1) is 5.41 Å². The number of carbonyl (C=O) groups is 4. The fourth-order valence-electron chi connectivity index (χ4n) is 4.08. The summed E-state index contributed by atoms with van der Waals surface area (Å²) in [7, 11) is 0. The van der Waals surface area contributed by atoms with Crippen LogP contribution in [0.4, 0.5) is 0 Å². The number of primary amides is 1. The van der Waals surface area contributed by atoms with Crippen molar-refractivity contribution >= 4 is 23.6 Å². The second kappa shape index (κ2) is 34.0. The van der Waals surface area contributed by atoms with E-state index in [1.165, 1.54) is 0 Å². The van der Waals surface area contributed by atoms with Crippen molar-refractivity contribution in [2.75, 3.05) is 125 Å². The maximum atomic E-state index is 11.6. The van der Waals surface area contributed by atoms with Crippen molar-refractivity contribution < 1.29 is 58.5 Å². The number of ether oxygens (including phenoxy) is 8. The highest BCUT2D eigenvalue weighted by Crippen LogP contribution is 2.21. The minimum Gasteiger partial charge on any atom is -0.378 e. The summed E-state index contributed by atoms with van der Waals surface area (Å²) >= 11 is 0. The number of nitrogens with two attached hydrogens (primary N) is 1. The predicted octanol–water partition coefficient (Wildman–Crippen LogP) is 0.340. The number of nitrogens with one attached hydrogen (secondary N) is 3. The highest BCUT2D eigenvalue weighted by Gasteiger charge is 2.32. The Bertz CT molecular complexity index is 776. The summed E-state index contributed by atoms with van der Waals surface area (Å²) in [5.41, 5.74) is 1.01. The summed E-state index contributed by atoms with van der Waals surface area (Å²) in [4.78, 5) is 46.1. The predicted molar refractivity (Wildman–Crippen MR) is 182 cm³/mol. The van der Waals surface area contributed by atoms with Gasteiger partial charge in [0, 0.05) is 38.9 Å². The lowest BCUT2D eigenvalue weighted by atomic mass is 9.92. The first kappa shape index (κ1) is 44.6. The molecule has 0 saturated carbocycles. The van der Waals surface area contributed by atoms with Gasteiger partial charge >= 0.3 is 0 Å². The van der Waals surface area contributed by atoms with Crippen molar-refractivity contribution in [3.05, 3.63) is 0 Å². The molecule has 0 saturated heterocycles. The number of amides is 4. The van der Waals surface area contributed by atoms with Crippen molar-refractivity contribution in [2.45, 2.75) is 59.3 Å². The highest BCUT2D eigenvalue weighted by atomic mass is 16.6. The van der Waals surface area contributed by atoms with E-state index >= 15 is 0 Å². The molecule has 0 aromatic rings. The normalized spacial score (nSPS) is 11.6. The first-order chi connectivity index (χ1) is 24.3. The molecule has 5 N–H and O–H groups in total. The summed E-state index contributed by atoms with van der Waals surface area (Å²) in [6.45, 7) is 10.9. The van der Waals surface area contributed by atoms with Gasteiger partial charge in [-0.3, -0.25) is 19.2 Å². The van der Waals surface area contributed by atoms with E-state index in [0.29, 0.717) is 78.5 Å². The molecule has 0 rings (SSSR count). The van der Waals surface area contributed by atoms with Gasteiger partial charge in [0.15, 0.2) is 1.41 Å². The molecule has 0 radical (unpaired) electrons. The summed E-state index contributed by atoms with van der Waals surface area (Å²) in [5, 5.41) is 8.40. The van der Waals surface area contributed by atoms with Crippen molar-refractivity contribution in [2.24, 2.45) is 11.1 Å². The van der Waals surface area contributed by atoms with E-state index in [2.05, 4.69) is 16.0 Å². The molecule has 0 bridgehead atoms. The van der Waals surface area contributed by atoms with Crippen LogP contribution in [0.15, 0.2) is 0 Å². The van der Waals surface area contributed by atoms with Gasteiger partial charge < -0.3 is 59.6 Å². The van der Waals surface area contributed by atoms with Crippen molar-refractivity contribution in [3.8, 4) is 0 Å². The molecule has 0 aromatic carbocycles. The Morgan fingerprint density at radius 3 is 1.10 bits per heavy atom. The van der Waals surface area contributed by atoms with Crippen LogP contribution in [0.25, 0.3) is 0 Å². The standard InChI is InChI=1S/C33H64N4O12/c1-4-7-30(39)35-10-13-42-16-20-46-25-33(28-49-23-19-45-24-29(34)38,26-47-21-17-43-14-11-36-31(40)8-5-2)27-48-22-18-44-15-12-37-32(41)9-6-3/h4-28H2,1-3H3,(H2,34,38)(H,35,39)(H,36,40)(H,37,41)/i/hT. The van der Waals surface area contributed by atoms with E-state index in [1.807, 2.05) is 20.8 Å². The Balaban J connectivity index is 5.04. The van der Waals surface area contributed by atoms with Gasteiger partial charge in [-0.1, -0.05) is 20.8 Å². The van der Waals surface area contributed by atoms with Gasteiger partial charge in [-0.05, 0) is 19.3 Å². The van der Waals surface area contributed by atoms with Crippen LogP contribution in [-0.4, -0.2) is 149 Å². The monoisotopic (exact) mass is 710 g/mol. The molecule has 16 heteroatoms. The molecule has 49 heavy (non-hydrogen) atoms. The smallest absolute Gasteiger partial charge is 0.243 e. The number of carbonyl (C=O) groups excluding carboxylic acids is 4. The third-order valence-corrected chi connectivity index (χ3v) is 6.49. The molecule has 16 nitrogen and oxygen atoms in total. The Morgan fingerprint density at radius 2 is 0.796 bits per heavy atom. The van der Waals surface area contributed by atoms with Gasteiger partial charge in [0.05, 0.1) is 105 Å². The van der Waals surface area contributed by atoms with Crippen molar-refractivity contribution in [3.63, 3.8) is 0 Å². The number of hydrogen-bond acceptors (Lipinski definition) is 12. The fraction of sp³-hybridized carbons (Fsp3) is 0.879. The minimum absolute atomic E-state index is 0.00419.